The molecule has 2 fully saturated rings. The van der Waals surface area contributed by atoms with Crippen LogP contribution in [-0.2, 0) is 14.2 Å². The van der Waals surface area contributed by atoms with E-state index in [4.69, 9.17) is 14.2 Å². The lowest BCUT2D eigenvalue weighted by atomic mass is 9.98. The predicted octanol–water partition coefficient (Wildman–Crippen LogP) is 3.43. The third kappa shape index (κ3) is 2.48. The molecule has 0 spiro atoms. The highest BCUT2D eigenvalue weighted by Gasteiger charge is 2.45. The average Bonchev–Trinajstić information content (AvgIpc) is 2.62. The van der Waals surface area contributed by atoms with Gasteiger partial charge in [0.1, 0.15) is 6.10 Å². The molecular weight excluding hydrogens is 296 g/mol. The van der Waals surface area contributed by atoms with Gasteiger partial charge in [0, 0.05) is 10.9 Å². The van der Waals surface area contributed by atoms with E-state index in [0.29, 0.717) is 6.61 Å². The Hall–Kier alpha value is -0.420. The molecule has 2 aliphatic rings. The minimum absolute atomic E-state index is 0.0756. The van der Waals surface area contributed by atoms with Crippen molar-refractivity contribution in [2.24, 2.45) is 0 Å². The summed E-state index contributed by atoms with van der Waals surface area (Å²) in [5.41, 5.74) is 1.20. The Morgan fingerprint density at radius 2 is 1.78 bits per heavy atom. The molecule has 0 saturated carbocycles. The fourth-order valence-electron chi connectivity index (χ4n) is 2.65. The number of hydrogen-bond donors (Lipinski definition) is 0. The fourth-order valence-corrected chi connectivity index (χ4v) is 2.91. The molecule has 2 heterocycles. The largest absolute Gasteiger partial charge is 0.371 e. The van der Waals surface area contributed by atoms with Crippen LogP contribution in [0.2, 0.25) is 0 Å². The topological polar surface area (TPSA) is 27.7 Å². The number of fused-ring (bicyclic) bond motifs is 1. The Balaban J connectivity index is 1.72. The Morgan fingerprint density at radius 1 is 1.11 bits per heavy atom. The van der Waals surface area contributed by atoms with E-state index in [1.54, 1.807) is 0 Å². The smallest absolute Gasteiger partial charge is 0.163 e. The maximum atomic E-state index is 5.92. The van der Waals surface area contributed by atoms with E-state index in [-0.39, 0.29) is 18.3 Å². The quantitative estimate of drug-likeness (QED) is 0.795. The fraction of sp³-hybridized carbons (Fsp3) is 0.571. The van der Waals surface area contributed by atoms with Crippen LogP contribution < -0.4 is 0 Å². The second-order valence-electron chi connectivity index (χ2n) is 5.32. The van der Waals surface area contributed by atoms with Crippen molar-refractivity contribution in [1.29, 1.82) is 0 Å². The number of halogens is 1. The third-order valence-electron chi connectivity index (χ3n) is 3.43. The van der Waals surface area contributed by atoms with Crippen LogP contribution in [0.5, 0.6) is 0 Å². The van der Waals surface area contributed by atoms with Gasteiger partial charge in [0.25, 0.3) is 0 Å². The lowest BCUT2D eigenvalue weighted by molar-refractivity contribution is -0.146. The molecule has 0 bridgehead atoms. The molecule has 0 radical (unpaired) electrons. The van der Waals surface area contributed by atoms with Crippen LogP contribution in [0.25, 0.3) is 0 Å². The summed E-state index contributed by atoms with van der Waals surface area (Å²) in [5, 5.41) is 0. The molecule has 18 heavy (non-hydrogen) atoms. The van der Waals surface area contributed by atoms with Crippen molar-refractivity contribution in [2.75, 3.05) is 6.61 Å². The Kier molecular flexibility index (Phi) is 3.22. The summed E-state index contributed by atoms with van der Waals surface area (Å²) in [6.45, 7) is 4.52. The molecule has 3 nitrogen and oxygen atoms in total. The summed E-state index contributed by atoms with van der Waals surface area (Å²) in [6.07, 6.45) is 1.18. The molecule has 2 aliphatic heterocycles. The Labute approximate surface area is 116 Å². The van der Waals surface area contributed by atoms with Crippen molar-refractivity contribution in [3.63, 3.8) is 0 Å². The first-order chi connectivity index (χ1) is 8.53. The monoisotopic (exact) mass is 312 g/mol. The zero-order valence-electron chi connectivity index (χ0n) is 10.6. The summed E-state index contributed by atoms with van der Waals surface area (Å²) in [6, 6.07) is 8.27. The first-order valence-corrected chi connectivity index (χ1v) is 7.05. The van der Waals surface area contributed by atoms with Gasteiger partial charge in [0.2, 0.25) is 0 Å². The van der Waals surface area contributed by atoms with Crippen LogP contribution in [0.4, 0.5) is 0 Å². The van der Waals surface area contributed by atoms with E-state index >= 15 is 0 Å². The number of ether oxygens (including phenoxy) is 3. The molecule has 0 amide bonds. The van der Waals surface area contributed by atoms with Gasteiger partial charge in [-0.3, -0.25) is 0 Å². The zero-order chi connectivity index (χ0) is 12.8. The molecule has 3 atom stereocenters. The molecule has 4 heteroatoms. The SMILES string of the molecule is CC1(C)O[C@H]2CO[C@H](c3ccc(Br)cc3)C[C@H]2O1. The van der Waals surface area contributed by atoms with Gasteiger partial charge in [-0.25, -0.2) is 0 Å². The molecule has 0 N–H and O–H groups in total. The maximum absolute atomic E-state index is 5.92. The van der Waals surface area contributed by atoms with Crippen molar-refractivity contribution in [3.8, 4) is 0 Å². The number of benzene rings is 1. The second kappa shape index (κ2) is 4.60. The van der Waals surface area contributed by atoms with Crippen molar-refractivity contribution in [3.05, 3.63) is 34.3 Å². The molecular formula is C14H17BrO3. The van der Waals surface area contributed by atoms with Crippen LogP contribution in [0.1, 0.15) is 31.9 Å². The van der Waals surface area contributed by atoms with Crippen molar-refractivity contribution in [2.45, 2.75) is 44.4 Å². The first-order valence-electron chi connectivity index (χ1n) is 6.26. The normalized spacial score (nSPS) is 34.3. The van der Waals surface area contributed by atoms with Crippen molar-refractivity contribution in [1.82, 2.24) is 0 Å². The summed E-state index contributed by atoms with van der Waals surface area (Å²) in [5.74, 6) is -0.479. The summed E-state index contributed by atoms with van der Waals surface area (Å²) >= 11 is 3.44. The van der Waals surface area contributed by atoms with Crippen molar-refractivity contribution >= 4 is 15.9 Å². The molecule has 0 aliphatic carbocycles. The molecule has 0 aromatic heterocycles. The minimum atomic E-state index is -0.479. The van der Waals surface area contributed by atoms with E-state index in [2.05, 4.69) is 28.1 Å². The van der Waals surface area contributed by atoms with E-state index in [1.165, 1.54) is 5.56 Å². The molecule has 98 valence electrons. The Morgan fingerprint density at radius 3 is 2.50 bits per heavy atom. The predicted molar refractivity (Wildman–Crippen MR) is 71.3 cm³/mol. The van der Waals surface area contributed by atoms with E-state index in [0.717, 1.165) is 10.9 Å². The summed E-state index contributed by atoms with van der Waals surface area (Å²) in [7, 11) is 0. The Bertz CT molecular complexity index is 429. The van der Waals surface area contributed by atoms with Gasteiger partial charge < -0.3 is 14.2 Å². The minimum Gasteiger partial charge on any atom is -0.371 e. The van der Waals surface area contributed by atoms with Gasteiger partial charge in [0.05, 0.1) is 18.8 Å². The lowest BCUT2D eigenvalue weighted by Gasteiger charge is -2.30. The highest BCUT2D eigenvalue weighted by atomic mass is 79.9. The van der Waals surface area contributed by atoms with Crippen LogP contribution in [0.15, 0.2) is 28.7 Å². The molecule has 1 aromatic carbocycles. The first kappa shape index (κ1) is 12.6. The van der Waals surface area contributed by atoms with E-state index in [1.807, 2.05) is 26.0 Å². The van der Waals surface area contributed by atoms with Gasteiger partial charge in [-0.15, -0.1) is 0 Å². The van der Waals surface area contributed by atoms with Crippen molar-refractivity contribution < 1.29 is 14.2 Å². The van der Waals surface area contributed by atoms with Crippen LogP contribution in [0, 0.1) is 0 Å². The van der Waals surface area contributed by atoms with Crippen LogP contribution in [0.3, 0.4) is 0 Å². The summed E-state index contributed by atoms with van der Waals surface area (Å²) in [4.78, 5) is 0. The van der Waals surface area contributed by atoms with Crippen LogP contribution >= 0.6 is 15.9 Å². The number of hydrogen-bond acceptors (Lipinski definition) is 3. The number of rotatable bonds is 1. The van der Waals surface area contributed by atoms with Gasteiger partial charge in [-0.05, 0) is 31.5 Å². The summed E-state index contributed by atoms with van der Waals surface area (Å²) < 4.78 is 18.7. The zero-order valence-corrected chi connectivity index (χ0v) is 12.1. The molecule has 2 saturated heterocycles. The molecule has 1 aromatic rings. The van der Waals surface area contributed by atoms with E-state index in [9.17, 15) is 0 Å². The average molecular weight is 313 g/mol. The highest BCUT2D eigenvalue weighted by Crippen LogP contribution is 2.38. The van der Waals surface area contributed by atoms with Gasteiger partial charge >= 0.3 is 0 Å². The van der Waals surface area contributed by atoms with Gasteiger partial charge in [-0.1, -0.05) is 28.1 Å². The third-order valence-corrected chi connectivity index (χ3v) is 3.96. The second-order valence-corrected chi connectivity index (χ2v) is 6.24. The maximum Gasteiger partial charge on any atom is 0.163 e. The van der Waals surface area contributed by atoms with Gasteiger partial charge in [0.15, 0.2) is 5.79 Å². The van der Waals surface area contributed by atoms with Crippen LogP contribution in [-0.4, -0.2) is 24.6 Å². The lowest BCUT2D eigenvalue weighted by Crippen LogP contribution is -2.35. The van der Waals surface area contributed by atoms with E-state index < -0.39 is 5.79 Å². The van der Waals surface area contributed by atoms with Gasteiger partial charge in [-0.2, -0.15) is 0 Å². The highest BCUT2D eigenvalue weighted by molar-refractivity contribution is 9.10. The standard InChI is InChI=1S/C14H17BrO3/c1-14(2)17-12-7-11(16-8-13(12)18-14)9-3-5-10(15)6-4-9/h3-6,11-13H,7-8H2,1-2H3/t11-,12+,13-/m0/s1. The molecule has 0 unspecified atom stereocenters. The molecule has 3 rings (SSSR count).